The molecule has 0 saturated carbocycles. The molecule has 0 radical (unpaired) electrons. The van der Waals surface area contributed by atoms with E-state index in [1.165, 1.54) is 24.3 Å². The third-order valence-corrected chi connectivity index (χ3v) is 10.4. The van der Waals surface area contributed by atoms with Crippen molar-refractivity contribution in [2.24, 2.45) is 0 Å². The largest absolute Gasteiger partial charge is 0.372 e. The van der Waals surface area contributed by atoms with Crippen LogP contribution in [0.4, 0.5) is 8.78 Å². The van der Waals surface area contributed by atoms with Gasteiger partial charge in [0.25, 0.3) is 11.8 Å². The van der Waals surface area contributed by atoms with Crippen molar-refractivity contribution in [3.05, 3.63) is 130 Å². The summed E-state index contributed by atoms with van der Waals surface area (Å²) in [6.45, 7) is 1.90. The summed E-state index contributed by atoms with van der Waals surface area (Å²) in [7, 11) is 0. The SMILES string of the molecule is C.C.C.N#Cc1cccc(F)c1-c1cc(-n2ccc(C3CCCO3)n2)c2c(n1)CNC2=O.N#Cc1cccc(F)c1-c1cc(-n2ccc([C@H]3CCCO3)n2)c2c(n1)CNC2=O. The highest BCUT2D eigenvalue weighted by atomic mass is 19.1. The highest BCUT2D eigenvalue weighted by molar-refractivity contribution is 6.02. The molecule has 4 aliphatic rings. The maximum absolute atomic E-state index is 14.6. The number of fused-ring (bicyclic) bond motifs is 2. The minimum Gasteiger partial charge on any atom is -0.372 e. The second kappa shape index (κ2) is 18.0. The fourth-order valence-corrected chi connectivity index (χ4v) is 7.70. The Balaban J connectivity index is 0.000000194. The van der Waals surface area contributed by atoms with Crippen LogP contribution in [0.2, 0.25) is 0 Å². The van der Waals surface area contributed by atoms with E-state index in [1.807, 2.05) is 24.3 Å². The van der Waals surface area contributed by atoms with Crippen molar-refractivity contribution in [1.82, 2.24) is 40.2 Å². The number of amides is 2. The molecule has 14 nitrogen and oxygen atoms in total. The van der Waals surface area contributed by atoms with Gasteiger partial charge in [0.05, 0.1) is 104 Å². The molecule has 16 heteroatoms. The lowest BCUT2D eigenvalue weighted by atomic mass is 10.0. The summed E-state index contributed by atoms with van der Waals surface area (Å²) < 4.78 is 43.7. The van der Waals surface area contributed by atoms with Gasteiger partial charge in [-0.3, -0.25) is 9.59 Å². The van der Waals surface area contributed by atoms with Crippen LogP contribution in [0.15, 0.2) is 73.1 Å². The average Bonchev–Trinajstić information content (AvgIpc) is 4.09. The molecular formula is C45H44F2N10O4. The van der Waals surface area contributed by atoms with Crippen LogP contribution in [0.3, 0.4) is 0 Å². The predicted octanol–water partition coefficient (Wildman–Crippen LogP) is 7.99. The van der Waals surface area contributed by atoms with Crippen LogP contribution in [-0.4, -0.2) is 54.6 Å². The van der Waals surface area contributed by atoms with Gasteiger partial charge in [0.1, 0.15) is 23.8 Å². The van der Waals surface area contributed by atoms with Crippen molar-refractivity contribution in [2.75, 3.05) is 13.2 Å². The number of carbonyl (C=O) groups excluding carboxylic acids is 2. The highest BCUT2D eigenvalue weighted by Gasteiger charge is 2.31. The Hall–Kier alpha value is -7.14. The van der Waals surface area contributed by atoms with Crippen LogP contribution in [-0.2, 0) is 22.6 Å². The number of nitriles is 2. The fourth-order valence-electron chi connectivity index (χ4n) is 7.70. The molecule has 312 valence electrons. The summed E-state index contributed by atoms with van der Waals surface area (Å²) in [5.74, 6) is -1.59. The number of aromatic nitrogens is 6. The zero-order valence-electron chi connectivity index (χ0n) is 30.7. The Morgan fingerprint density at radius 3 is 1.44 bits per heavy atom. The molecule has 0 spiro atoms. The molecule has 2 atom stereocenters. The molecule has 0 aliphatic carbocycles. The highest BCUT2D eigenvalue weighted by Crippen LogP contribution is 2.35. The van der Waals surface area contributed by atoms with Crippen LogP contribution in [0.1, 0.15) is 115 Å². The van der Waals surface area contributed by atoms with Crippen molar-refractivity contribution in [3.8, 4) is 46.0 Å². The monoisotopic (exact) mass is 826 g/mol. The van der Waals surface area contributed by atoms with Gasteiger partial charge < -0.3 is 20.1 Å². The zero-order valence-corrected chi connectivity index (χ0v) is 30.7. The predicted molar refractivity (Wildman–Crippen MR) is 221 cm³/mol. The molecule has 2 amide bonds. The first-order valence-electron chi connectivity index (χ1n) is 18.7. The molecule has 2 N–H and O–H groups in total. The van der Waals surface area contributed by atoms with Crippen LogP contribution >= 0.6 is 0 Å². The number of ether oxygens (including phenoxy) is 2. The van der Waals surface area contributed by atoms with E-state index >= 15 is 0 Å². The molecule has 61 heavy (non-hydrogen) atoms. The molecular weight excluding hydrogens is 783 g/mol. The summed E-state index contributed by atoms with van der Waals surface area (Å²) in [5.41, 5.74) is 5.57. The molecule has 2 fully saturated rings. The van der Waals surface area contributed by atoms with E-state index < -0.39 is 11.6 Å². The van der Waals surface area contributed by atoms with Gasteiger partial charge >= 0.3 is 0 Å². The van der Waals surface area contributed by atoms with Crippen LogP contribution < -0.4 is 10.6 Å². The van der Waals surface area contributed by atoms with E-state index in [2.05, 4.69) is 30.8 Å². The van der Waals surface area contributed by atoms with Gasteiger partial charge in [0.15, 0.2) is 0 Å². The fraction of sp³-hybridized carbons (Fsp3) is 0.289. The topological polar surface area (TPSA) is 186 Å². The van der Waals surface area contributed by atoms with E-state index in [-0.39, 0.29) is 81.6 Å². The van der Waals surface area contributed by atoms with Crippen molar-refractivity contribution >= 4 is 11.8 Å². The Labute approximate surface area is 351 Å². The molecule has 8 heterocycles. The summed E-state index contributed by atoms with van der Waals surface area (Å²) in [5, 5.41) is 33.5. The molecule has 2 aromatic carbocycles. The first-order chi connectivity index (χ1) is 28.3. The lowest BCUT2D eigenvalue weighted by molar-refractivity contribution is 0.0957. The quantitative estimate of drug-likeness (QED) is 0.167. The Morgan fingerprint density at radius 2 is 1.07 bits per heavy atom. The van der Waals surface area contributed by atoms with Gasteiger partial charge in [0, 0.05) is 25.6 Å². The number of carbonyl (C=O) groups is 2. The maximum Gasteiger partial charge on any atom is 0.255 e. The minimum absolute atomic E-state index is 0. The van der Waals surface area contributed by atoms with Gasteiger partial charge in [0.2, 0.25) is 0 Å². The third kappa shape index (κ3) is 7.98. The standard InChI is InChI=1S/2C21H16FN5O2.3CH4/c2*22-13-4-1-3-12(10-23)19(13)15-9-17(20-16(25-15)11-24-21(20)28)27-7-6-14(26-27)18-5-2-8-29-18;;;/h2*1,3-4,6-7,9,18H,2,5,8,11H2,(H,24,28);3*1H4/t18-;;;;/m1..../s1. The zero-order chi connectivity index (χ0) is 39.9. The lowest BCUT2D eigenvalue weighted by Crippen LogP contribution is -2.14. The van der Waals surface area contributed by atoms with E-state index in [1.54, 1.807) is 46.0 Å². The van der Waals surface area contributed by atoms with Gasteiger partial charge in [-0.2, -0.15) is 20.7 Å². The lowest BCUT2D eigenvalue weighted by Gasteiger charge is -2.12. The molecule has 10 rings (SSSR count). The number of rotatable bonds is 6. The molecule has 2 saturated heterocycles. The minimum atomic E-state index is -0.541. The molecule has 6 aromatic rings. The summed E-state index contributed by atoms with van der Waals surface area (Å²) >= 11 is 0. The molecule has 1 unspecified atom stereocenters. The molecule has 0 bridgehead atoms. The number of hydrogen-bond donors (Lipinski definition) is 2. The molecule has 4 aliphatic heterocycles. The molecule has 4 aromatic heterocycles. The van der Waals surface area contributed by atoms with Crippen molar-refractivity contribution in [2.45, 2.75) is 73.3 Å². The van der Waals surface area contributed by atoms with E-state index in [9.17, 15) is 28.9 Å². The number of halogens is 2. The van der Waals surface area contributed by atoms with E-state index in [0.29, 0.717) is 58.5 Å². The summed E-state index contributed by atoms with van der Waals surface area (Å²) in [6.07, 6.45) is 7.17. The smallest absolute Gasteiger partial charge is 0.255 e. The number of hydrogen-bond acceptors (Lipinski definition) is 10. The van der Waals surface area contributed by atoms with E-state index in [0.717, 1.165) is 37.1 Å². The maximum atomic E-state index is 14.6. The van der Waals surface area contributed by atoms with Crippen molar-refractivity contribution in [3.63, 3.8) is 0 Å². The van der Waals surface area contributed by atoms with Crippen LogP contribution in [0.5, 0.6) is 0 Å². The van der Waals surface area contributed by atoms with E-state index in [4.69, 9.17) is 9.47 Å². The number of nitrogens with one attached hydrogen (secondary N) is 2. The third-order valence-electron chi connectivity index (χ3n) is 10.4. The van der Waals surface area contributed by atoms with Crippen molar-refractivity contribution in [1.29, 1.82) is 10.5 Å². The Bertz CT molecular complexity index is 2540. The van der Waals surface area contributed by atoms with Crippen LogP contribution in [0, 0.1) is 34.3 Å². The van der Waals surface area contributed by atoms with Crippen LogP contribution in [0.25, 0.3) is 33.9 Å². The number of nitrogens with zero attached hydrogens (tertiary/aromatic N) is 8. The Morgan fingerprint density at radius 1 is 0.639 bits per heavy atom. The second-order valence-electron chi connectivity index (χ2n) is 14.0. The van der Waals surface area contributed by atoms with Crippen molar-refractivity contribution < 1.29 is 27.8 Å². The van der Waals surface area contributed by atoms with Gasteiger partial charge in [-0.15, -0.1) is 0 Å². The van der Waals surface area contributed by atoms with Gasteiger partial charge in [-0.25, -0.2) is 28.1 Å². The normalized spacial score (nSPS) is 16.9. The van der Waals surface area contributed by atoms with Gasteiger partial charge in [-0.1, -0.05) is 34.4 Å². The average molecular weight is 827 g/mol. The number of pyridine rings is 2. The summed E-state index contributed by atoms with van der Waals surface area (Å²) in [4.78, 5) is 33.8. The second-order valence-corrected chi connectivity index (χ2v) is 14.0. The number of benzene rings is 2. The first-order valence-corrected chi connectivity index (χ1v) is 18.7. The summed E-state index contributed by atoms with van der Waals surface area (Å²) in [6, 6.07) is 19.6. The first kappa shape index (κ1) is 43.4. The Kier molecular flexibility index (Phi) is 12.8. The van der Waals surface area contributed by atoms with Gasteiger partial charge in [-0.05, 0) is 74.2 Å².